The Morgan fingerprint density at radius 3 is 2.25 bits per heavy atom. The second-order valence-electron chi connectivity index (χ2n) is 6.06. The molecule has 1 heterocycles. The van der Waals surface area contributed by atoms with E-state index in [4.69, 9.17) is 4.74 Å². The summed E-state index contributed by atoms with van der Waals surface area (Å²) in [5, 5.41) is 0. The van der Waals surface area contributed by atoms with Crippen LogP contribution in [0, 0.1) is 0 Å². The molecule has 1 atom stereocenters. The van der Waals surface area contributed by atoms with E-state index in [1.807, 2.05) is 6.92 Å². The molecule has 0 radical (unpaired) electrons. The molecule has 0 spiro atoms. The van der Waals surface area contributed by atoms with Crippen molar-refractivity contribution in [3.05, 3.63) is 0 Å². The van der Waals surface area contributed by atoms with Crippen molar-refractivity contribution in [3.63, 3.8) is 0 Å². The standard InChI is InChI=1S/C17H33NO2/c1-4-7-12-17(5-2,15-16(19)20-6-3)18-13-10-8-9-11-14-18/h4-15H2,1-3H3. The second-order valence-corrected chi connectivity index (χ2v) is 6.06. The van der Waals surface area contributed by atoms with Gasteiger partial charge in [-0.25, -0.2) is 0 Å². The molecular formula is C17H33NO2. The molecule has 20 heavy (non-hydrogen) atoms. The molecule has 0 aromatic heterocycles. The van der Waals surface area contributed by atoms with Crippen LogP contribution in [0.4, 0.5) is 0 Å². The zero-order valence-electron chi connectivity index (χ0n) is 13.7. The lowest BCUT2D eigenvalue weighted by Gasteiger charge is -2.43. The van der Waals surface area contributed by atoms with E-state index in [0.717, 1.165) is 25.9 Å². The first-order chi connectivity index (χ1) is 9.68. The van der Waals surface area contributed by atoms with Crippen LogP contribution in [0.1, 0.15) is 78.6 Å². The summed E-state index contributed by atoms with van der Waals surface area (Å²) in [4.78, 5) is 14.7. The number of esters is 1. The molecule has 1 aliphatic rings. The van der Waals surface area contributed by atoms with E-state index in [-0.39, 0.29) is 11.5 Å². The van der Waals surface area contributed by atoms with Crippen LogP contribution in [-0.4, -0.2) is 36.1 Å². The van der Waals surface area contributed by atoms with Crippen molar-refractivity contribution in [2.75, 3.05) is 19.7 Å². The molecule has 0 N–H and O–H groups in total. The molecule has 1 fully saturated rings. The van der Waals surface area contributed by atoms with Gasteiger partial charge in [0.05, 0.1) is 13.0 Å². The highest BCUT2D eigenvalue weighted by Gasteiger charge is 2.37. The molecule has 0 aliphatic carbocycles. The smallest absolute Gasteiger partial charge is 0.307 e. The number of rotatable bonds is 8. The summed E-state index contributed by atoms with van der Waals surface area (Å²) in [5.74, 6) is -0.0188. The molecule has 118 valence electrons. The van der Waals surface area contributed by atoms with Gasteiger partial charge in [0.15, 0.2) is 0 Å². The monoisotopic (exact) mass is 283 g/mol. The third-order valence-electron chi connectivity index (χ3n) is 4.71. The van der Waals surface area contributed by atoms with Crippen LogP contribution in [0.25, 0.3) is 0 Å². The van der Waals surface area contributed by atoms with Gasteiger partial charge in [-0.3, -0.25) is 9.69 Å². The maximum atomic E-state index is 12.1. The van der Waals surface area contributed by atoms with Gasteiger partial charge < -0.3 is 4.74 Å². The van der Waals surface area contributed by atoms with Crippen LogP contribution in [-0.2, 0) is 9.53 Å². The van der Waals surface area contributed by atoms with Gasteiger partial charge in [0.2, 0.25) is 0 Å². The van der Waals surface area contributed by atoms with E-state index in [1.165, 1.54) is 38.5 Å². The maximum absolute atomic E-state index is 12.1. The molecule has 0 saturated carbocycles. The Morgan fingerprint density at radius 1 is 1.10 bits per heavy atom. The van der Waals surface area contributed by atoms with Gasteiger partial charge in [-0.2, -0.15) is 0 Å². The molecule has 1 rings (SSSR count). The molecule has 0 amide bonds. The zero-order chi connectivity index (χ0) is 14.8. The number of nitrogens with zero attached hydrogens (tertiary/aromatic N) is 1. The van der Waals surface area contributed by atoms with E-state index < -0.39 is 0 Å². The van der Waals surface area contributed by atoms with Crippen LogP contribution < -0.4 is 0 Å². The number of hydrogen-bond donors (Lipinski definition) is 0. The minimum atomic E-state index is -0.0188. The summed E-state index contributed by atoms with van der Waals surface area (Å²) >= 11 is 0. The van der Waals surface area contributed by atoms with Crippen molar-refractivity contribution in [2.45, 2.75) is 84.1 Å². The Kier molecular flexibility index (Phi) is 8.20. The Bertz CT molecular complexity index is 272. The predicted molar refractivity (Wildman–Crippen MR) is 83.8 cm³/mol. The number of hydrogen-bond acceptors (Lipinski definition) is 3. The number of unbranched alkanes of at least 4 members (excludes halogenated alkanes) is 1. The maximum Gasteiger partial charge on any atom is 0.307 e. The fourth-order valence-electron chi connectivity index (χ4n) is 3.42. The Balaban J connectivity index is 2.80. The summed E-state index contributed by atoms with van der Waals surface area (Å²) in [5.41, 5.74) is 0.0343. The quantitative estimate of drug-likeness (QED) is 0.627. The second kappa shape index (κ2) is 9.38. The van der Waals surface area contributed by atoms with Crippen molar-refractivity contribution >= 4 is 5.97 Å². The lowest BCUT2D eigenvalue weighted by atomic mass is 9.84. The number of ether oxygens (including phenoxy) is 1. The summed E-state index contributed by atoms with van der Waals surface area (Å²) in [7, 11) is 0. The lowest BCUT2D eigenvalue weighted by Crippen LogP contribution is -2.50. The summed E-state index contributed by atoms with van der Waals surface area (Å²) in [6.07, 6.45) is 10.4. The first kappa shape index (κ1) is 17.5. The minimum Gasteiger partial charge on any atom is -0.466 e. The number of carbonyl (C=O) groups excluding carboxylic acids is 1. The van der Waals surface area contributed by atoms with Crippen molar-refractivity contribution in [2.24, 2.45) is 0 Å². The van der Waals surface area contributed by atoms with E-state index in [1.54, 1.807) is 0 Å². The van der Waals surface area contributed by atoms with Gasteiger partial charge in [0.25, 0.3) is 0 Å². The zero-order valence-corrected chi connectivity index (χ0v) is 13.7. The van der Waals surface area contributed by atoms with Crippen molar-refractivity contribution in [1.29, 1.82) is 0 Å². The third kappa shape index (κ3) is 5.08. The molecule has 1 saturated heterocycles. The lowest BCUT2D eigenvalue weighted by molar-refractivity contribution is -0.147. The third-order valence-corrected chi connectivity index (χ3v) is 4.71. The van der Waals surface area contributed by atoms with Crippen molar-refractivity contribution < 1.29 is 9.53 Å². The minimum absolute atomic E-state index is 0.0188. The van der Waals surface area contributed by atoms with Crippen LogP contribution >= 0.6 is 0 Å². The SMILES string of the molecule is CCCCC(CC)(CC(=O)OCC)N1CCCCCC1. The largest absolute Gasteiger partial charge is 0.466 e. The van der Waals surface area contributed by atoms with Gasteiger partial charge in [0.1, 0.15) is 0 Å². The normalized spacial score (nSPS) is 20.1. The van der Waals surface area contributed by atoms with Crippen LogP contribution in [0.15, 0.2) is 0 Å². The van der Waals surface area contributed by atoms with Gasteiger partial charge in [-0.15, -0.1) is 0 Å². The van der Waals surface area contributed by atoms with Gasteiger partial charge in [0, 0.05) is 5.54 Å². The van der Waals surface area contributed by atoms with Crippen molar-refractivity contribution in [3.8, 4) is 0 Å². The number of carbonyl (C=O) groups is 1. The fraction of sp³-hybridized carbons (Fsp3) is 0.941. The highest BCUT2D eigenvalue weighted by atomic mass is 16.5. The first-order valence-electron chi connectivity index (χ1n) is 8.59. The average molecular weight is 283 g/mol. The Morgan fingerprint density at radius 2 is 1.75 bits per heavy atom. The van der Waals surface area contributed by atoms with Crippen molar-refractivity contribution in [1.82, 2.24) is 4.90 Å². The molecule has 3 heteroatoms. The molecule has 1 unspecified atom stereocenters. The molecule has 0 aromatic carbocycles. The fourth-order valence-corrected chi connectivity index (χ4v) is 3.42. The Labute approximate surface area is 125 Å². The predicted octanol–water partition coefficient (Wildman–Crippen LogP) is 4.15. The van der Waals surface area contributed by atoms with Gasteiger partial charge >= 0.3 is 5.97 Å². The molecule has 3 nitrogen and oxygen atoms in total. The molecule has 0 bridgehead atoms. The van der Waals surface area contributed by atoms with Gasteiger partial charge in [-0.05, 0) is 45.7 Å². The topological polar surface area (TPSA) is 29.5 Å². The Hall–Kier alpha value is -0.570. The van der Waals surface area contributed by atoms with E-state index in [2.05, 4.69) is 18.7 Å². The van der Waals surface area contributed by atoms with Crippen LogP contribution in [0.3, 0.4) is 0 Å². The van der Waals surface area contributed by atoms with E-state index >= 15 is 0 Å². The average Bonchev–Trinajstić information content (AvgIpc) is 2.73. The van der Waals surface area contributed by atoms with Gasteiger partial charge in [-0.1, -0.05) is 39.5 Å². The molecular weight excluding hydrogens is 250 g/mol. The highest BCUT2D eigenvalue weighted by Crippen LogP contribution is 2.32. The molecule has 0 aromatic rings. The molecule has 1 aliphatic heterocycles. The van der Waals surface area contributed by atoms with E-state index in [9.17, 15) is 4.79 Å². The summed E-state index contributed by atoms with van der Waals surface area (Å²) in [6.45, 7) is 9.15. The summed E-state index contributed by atoms with van der Waals surface area (Å²) in [6, 6.07) is 0. The van der Waals surface area contributed by atoms with E-state index in [0.29, 0.717) is 13.0 Å². The highest BCUT2D eigenvalue weighted by molar-refractivity contribution is 5.70. The summed E-state index contributed by atoms with van der Waals surface area (Å²) < 4.78 is 5.24. The van der Waals surface area contributed by atoms with Crippen LogP contribution in [0.2, 0.25) is 0 Å². The number of likely N-dealkylation sites (tertiary alicyclic amines) is 1. The first-order valence-corrected chi connectivity index (χ1v) is 8.59. The van der Waals surface area contributed by atoms with Crippen LogP contribution in [0.5, 0.6) is 0 Å².